The van der Waals surface area contributed by atoms with Crippen LogP contribution >= 0.6 is 0 Å². The van der Waals surface area contributed by atoms with Gasteiger partial charge in [-0.15, -0.1) is 0 Å². The van der Waals surface area contributed by atoms with Gasteiger partial charge in [-0.2, -0.15) is 0 Å². The first-order chi connectivity index (χ1) is 9.82. The van der Waals surface area contributed by atoms with Crippen LogP contribution in [0.3, 0.4) is 0 Å². The van der Waals surface area contributed by atoms with E-state index in [0.717, 1.165) is 50.7 Å². The van der Waals surface area contributed by atoms with E-state index in [1.54, 1.807) is 0 Å². The van der Waals surface area contributed by atoms with Crippen LogP contribution < -0.4 is 10.5 Å². The van der Waals surface area contributed by atoms with Gasteiger partial charge in [0.2, 0.25) is 10.0 Å². The molecule has 1 fully saturated rings. The molecule has 0 amide bonds. The number of rotatable bonds is 4. The lowest BCUT2D eigenvalue weighted by molar-refractivity contribution is 0.368. The molecule has 2 rings (SSSR count). The molecule has 4 nitrogen and oxygen atoms in total. The molecule has 7 heteroatoms. The van der Waals surface area contributed by atoms with E-state index in [2.05, 4.69) is 4.72 Å². The van der Waals surface area contributed by atoms with E-state index in [0.29, 0.717) is 6.07 Å². The summed E-state index contributed by atoms with van der Waals surface area (Å²) in [7, 11) is -4.03. The van der Waals surface area contributed by atoms with Gasteiger partial charge in [0, 0.05) is 18.2 Å². The summed E-state index contributed by atoms with van der Waals surface area (Å²) in [6.45, 7) is 0.0617. The lowest BCUT2D eigenvalue weighted by Gasteiger charge is -2.28. The van der Waals surface area contributed by atoms with Gasteiger partial charge in [0.25, 0.3) is 0 Å². The Kier molecular flexibility index (Phi) is 4.95. The van der Waals surface area contributed by atoms with Crippen molar-refractivity contribution < 1.29 is 17.2 Å². The average molecular weight is 318 g/mol. The molecule has 0 aromatic heterocycles. The van der Waals surface area contributed by atoms with Gasteiger partial charge in [0.1, 0.15) is 16.5 Å². The van der Waals surface area contributed by atoms with Gasteiger partial charge in [-0.1, -0.05) is 25.7 Å². The highest BCUT2D eigenvalue weighted by Crippen LogP contribution is 2.25. The molecule has 1 aromatic rings. The maximum atomic E-state index is 13.6. The number of benzene rings is 1. The molecule has 0 atom stereocenters. The minimum atomic E-state index is -4.03. The standard InChI is InChI=1S/C14H20F2N2O2S/c15-11-5-6-13(12(16)9-11)21(19,20)18-10-14(17)7-3-1-2-4-8-14/h5-6,9,18H,1-4,7-8,10,17H2. The molecule has 0 aliphatic heterocycles. The Hall–Kier alpha value is -1.05. The molecule has 1 saturated carbocycles. The van der Waals surface area contributed by atoms with Gasteiger partial charge in [0.15, 0.2) is 0 Å². The fourth-order valence-corrected chi connectivity index (χ4v) is 3.81. The largest absolute Gasteiger partial charge is 0.324 e. The van der Waals surface area contributed by atoms with Gasteiger partial charge in [-0.05, 0) is 25.0 Å². The fraction of sp³-hybridized carbons (Fsp3) is 0.571. The van der Waals surface area contributed by atoms with Crippen LogP contribution in [0, 0.1) is 11.6 Å². The normalized spacial score (nSPS) is 19.2. The Balaban J connectivity index is 2.10. The van der Waals surface area contributed by atoms with Crippen molar-refractivity contribution in [2.24, 2.45) is 5.73 Å². The summed E-state index contributed by atoms with van der Waals surface area (Å²) in [6, 6.07) is 2.39. The summed E-state index contributed by atoms with van der Waals surface area (Å²) in [5.41, 5.74) is 5.63. The SMILES string of the molecule is NC1(CNS(=O)(=O)c2ccc(F)cc2F)CCCCCC1. The van der Waals surface area contributed by atoms with Crippen molar-refractivity contribution >= 4 is 10.0 Å². The number of halogens is 2. The highest BCUT2D eigenvalue weighted by Gasteiger charge is 2.29. The van der Waals surface area contributed by atoms with Crippen LogP contribution in [-0.2, 0) is 10.0 Å². The quantitative estimate of drug-likeness (QED) is 0.837. The van der Waals surface area contributed by atoms with Gasteiger partial charge >= 0.3 is 0 Å². The molecular formula is C14H20F2N2O2S. The third-order valence-corrected chi connectivity index (χ3v) is 5.33. The summed E-state index contributed by atoms with van der Waals surface area (Å²) in [5, 5.41) is 0. The zero-order valence-electron chi connectivity index (χ0n) is 11.7. The second-order valence-corrected chi connectivity index (χ2v) is 7.41. The Bertz CT molecular complexity index is 597. The molecule has 21 heavy (non-hydrogen) atoms. The number of sulfonamides is 1. The lowest BCUT2D eigenvalue weighted by atomic mass is 9.92. The van der Waals surface area contributed by atoms with Gasteiger partial charge in [-0.25, -0.2) is 21.9 Å². The molecule has 0 radical (unpaired) electrons. The van der Waals surface area contributed by atoms with Crippen molar-refractivity contribution in [3.63, 3.8) is 0 Å². The van der Waals surface area contributed by atoms with Crippen molar-refractivity contribution in [1.82, 2.24) is 4.72 Å². The third kappa shape index (κ3) is 4.21. The van der Waals surface area contributed by atoms with Crippen LogP contribution in [-0.4, -0.2) is 20.5 Å². The van der Waals surface area contributed by atoms with Crippen LogP contribution in [0.1, 0.15) is 38.5 Å². The summed E-state index contributed by atoms with van der Waals surface area (Å²) in [5.74, 6) is -1.92. The summed E-state index contributed by atoms with van der Waals surface area (Å²) >= 11 is 0. The highest BCUT2D eigenvalue weighted by atomic mass is 32.2. The van der Waals surface area contributed by atoms with Gasteiger partial charge in [-0.3, -0.25) is 0 Å². The number of hydrogen-bond acceptors (Lipinski definition) is 3. The Morgan fingerprint density at radius 3 is 2.33 bits per heavy atom. The molecule has 3 N–H and O–H groups in total. The molecule has 0 saturated heterocycles. The van der Waals surface area contributed by atoms with Crippen LogP contribution in [0.5, 0.6) is 0 Å². The third-order valence-electron chi connectivity index (χ3n) is 3.90. The zero-order chi connectivity index (χ0) is 15.5. The van der Waals surface area contributed by atoms with Crippen LogP contribution in [0.25, 0.3) is 0 Å². The monoisotopic (exact) mass is 318 g/mol. The molecule has 0 heterocycles. The van der Waals surface area contributed by atoms with E-state index in [1.807, 2.05) is 0 Å². The Morgan fingerprint density at radius 2 is 1.76 bits per heavy atom. The number of hydrogen-bond donors (Lipinski definition) is 2. The van der Waals surface area contributed by atoms with Gasteiger partial charge < -0.3 is 5.73 Å². The Labute approximate surface area is 123 Å². The van der Waals surface area contributed by atoms with E-state index in [1.165, 1.54) is 0 Å². The minimum Gasteiger partial charge on any atom is -0.324 e. The smallest absolute Gasteiger partial charge is 0.243 e. The molecule has 1 aliphatic carbocycles. The predicted octanol–water partition coefficient (Wildman–Crippen LogP) is 2.29. The summed E-state index contributed by atoms with van der Waals surface area (Å²) in [4.78, 5) is -0.555. The summed E-state index contributed by atoms with van der Waals surface area (Å²) < 4.78 is 53.0. The molecule has 1 aliphatic rings. The topological polar surface area (TPSA) is 72.2 Å². The first-order valence-electron chi connectivity index (χ1n) is 7.06. The van der Waals surface area contributed by atoms with E-state index in [4.69, 9.17) is 5.73 Å². The van der Waals surface area contributed by atoms with Crippen LogP contribution in [0.15, 0.2) is 23.1 Å². The minimum absolute atomic E-state index is 0.0617. The number of nitrogens with two attached hydrogens (primary N) is 1. The molecule has 0 bridgehead atoms. The van der Waals surface area contributed by atoms with Gasteiger partial charge in [0.05, 0.1) is 0 Å². The highest BCUT2D eigenvalue weighted by molar-refractivity contribution is 7.89. The van der Waals surface area contributed by atoms with Crippen molar-refractivity contribution in [1.29, 1.82) is 0 Å². The van der Waals surface area contributed by atoms with Crippen molar-refractivity contribution in [3.8, 4) is 0 Å². The molecule has 0 unspecified atom stereocenters. The van der Waals surface area contributed by atoms with Crippen LogP contribution in [0.2, 0.25) is 0 Å². The second kappa shape index (κ2) is 6.37. The zero-order valence-corrected chi connectivity index (χ0v) is 12.6. The maximum absolute atomic E-state index is 13.6. The van der Waals surface area contributed by atoms with E-state index in [9.17, 15) is 17.2 Å². The van der Waals surface area contributed by atoms with E-state index >= 15 is 0 Å². The predicted molar refractivity (Wildman–Crippen MR) is 76.2 cm³/mol. The van der Waals surface area contributed by atoms with E-state index < -0.39 is 32.1 Å². The first kappa shape index (κ1) is 16.3. The maximum Gasteiger partial charge on any atom is 0.243 e. The molecule has 1 aromatic carbocycles. The lowest BCUT2D eigenvalue weighted by Crippen LogP contribution is -2.49. The van der Waals surface area contributed by atoms with Crippen LogP contribution in [0.4, 0.5) is 8.78 Å². The van der Waals surface area contributed by atoms with Crippen molar-refractivity contribution in [2.45, 2.75) is 49.0 Å². The molecule has 118 valence electrons. The van der Waals surface area contributed by atoms with Crippen molar-refractivity contribution in [3.05, 3.63) is 29.8 Å². The summed E-state index contributed by atoms with van der Waals surface area (Å²) in [6.07, 6.45) is 5.59. The number of nitrogens with one attached hydrogen (secondary N) is 1. The first-order valence-corrected chi connectivity index (χ1v) is 8.54. The Morgan fingerprint density at radius 1 is 1.14 bits per heavy atom. The second-order valence-electron chi connectivity index (χ2n) is 5.68. The average Bonchev–Trinajstić information content (AvgIpc) is 2.62. The molecular weight excluding hydrogens is 298 g/mol. The van der Waals surface area contributed by atoms with Crippen molar-refractivity contribution in [2.75, 3.05) is 6.54 Å². The molecule has 0 spiro atoms. The van der Waals surface area contributed by atoms with E-state index in [-0.39, 0.29) is 6.54 Å². The fourth-order valence-electron chi connectivity index (χ4n) is 2.62.